The van der Waals surface area contributed by atoms with E-state index in [1.165, 1.54) is 5.56 Å². The lowest BCUT2D eigenvalue weighted by atomic mass is 10.0. The van der Waals surface area contributed by atoms with Crippen molar-refractivity contribution in [1.29, 1.82) is 0 Å². The molecule has 1 aliphatic rings. The first-order valence-electron chi connectivity index (χ1n) is 11.2. The number of nitrogens with one attached hydrogen (secondary N) is 2. The molecule has 3 rings (SSSR count). The molecular formula is C25H34N4O2. The Morgan fingerprint density at radius 1 is 0.871 bits per heavy atom. The fourth-order valence-corrected chi connectivity index (χ4v) is 3.87. The predicted molar refractivity (Wildman–Crippen MR) is 125 cm³/mol. The summed E-state index contributed by atoms with van der Waals surface area (Å²) in [7, 11) is 0. The van der Waals surface area contributed by atoms with Crippen LogP contribution in [-0.2, 0) is 16.0 Å². The van der Waals surface area contributed by atoms with Crippen molar-refractivity contribution in [3.8, 4) is 0 Å². The van der Waals surface area contributed by atoms with E-state index < -0.39 is 0 Å². The van der Waals surface area contributed by atoms with Crippen LogP contribution in [0.2, 0.25) is 0 Å². The zero-order chi connectivity index (χ0) is 22.1. The number of benzene rings is 2. The molecule has 0 aromatic heterocycles. The van der Waals surface area contributed by atoms with E-state index in [1.807, 2.05) is 42.5 Å². The summed E-state index contributed by atoms with van der Waals surface area (Å²) < 4.78 is 0. The standard InChI is InChI=1S/C25H34N4O2/c1-3-21-9-7-8-12-23(21)27-25(31)19-29-15-13-28(14-16-29)18-24(30)26-17-20(2)22-10-5-4-6-11-22/h4-12,20H,3,13-19H2,1-2H3,(H,26,30)(H,27,31)/t20-/m1/s1. The molecule has 2 N–H and O–H groups in total. The number of hydrogen-bond acceptors (Lipinski definition) is 4. The molecule has 0 bridgehead atoms. The number of amides is 2. The highest BCUT2D eigenvalue weighted by Crippen LogP contribution is 2.15. The first kappa shape index (κ1) is 23.0. The number of piperazine rings is 1. The summed E-state index contributed by atoms with van der Waals surface area (Å²) >= 11 is 0. The third-order valence-electron chi connectivity index (χ3n) is 5.85. The van der Waals surface area contributed by atoms with Crippen LogP contribution in [0.25, 0.3) is 0 Å². The van der Waals surface area contributed by atoms with Crippen LogP contribution in [0, 0.1) is 0 Å². The van der Waals surface area contributed by atoms with Crippen molar-refractivity contribution in [3.05, 3.63) is 65.7 Å². The van der Waals surface area contributed by atoms with Gasteiger partial charge in [0.05, 0.1) is 13.1 Å². The lowest BCUT2D eigenvalue weighted by molar-refractivity contribution is -0.123. The Bertz CT molecular complexity index is 848. The SMILES string of the molecule is CCc1ccccc1NC(=O)CN1CCN(CC(=O)NC[C@@H](C)c2ccccc2)CC1. The number of carbonyl (C=O) groups excluding carboxylic acids is 2. The Hall–Kier alpha value is -2.70. The summed E-state index contributed by atoms with van der Waals surface area (Å²) in [4.78, 5) is 29.1. The second-order valence-electron chi connectivity index (χ2n) is 8.23. The molecule has 2 aromatic rings. The lowest BCUT2D eigenvalue weighted by Gasteiger charge is -2.33. The zero-order valence-electron chi connectivity index (χ0n) is 18.6. The minimum atomic E-state index is 0.0157. The normalized spacial score (nSPS) is 15.9. The van der Waals surface area contributed by atoms with E-state index in [-0.39, 0.29) is 11.8 Å². The number of para-hydroxylation sites is 1. The first-order valence-corrected chi connectivity index (χ1v) is 11.2. The highest BCUT2D eigenvalue weighted by molar-refractivity contribution is 5.93. The summed E-state index contributed by atoms with van der Waals surface area (Å²) in [6.07, 6.45) is 0.890. The van der Waals surface area contributed by atoms with Gasteiger partial charge in [-0.3, -0.25) is 19.4 Å². The molecule has 1 heterocycles. The summed E-state index contributed by atoms with van der Waals surface area (Å²) in [6, 6.07) is 18.2. The number of hydrogen-bond donors (Lipinski definition) is 2. The van der Waals surface area contributed by atoms with Crippen molar-refractivity contribution in [3.63, 3.8) is 0 Å². The average Bonchev–Trinajstić information content (AvgIpc) is 2.79. The monoisotopic (exact) mass is 422 g/mol. The molecule has 1 atom stereocenters. The van der Waals surface area contributed by atoms with Crippen molar-refractivity contribution >= 4 is 17.5 Å². The predicted octanol–water partition coefficient (Wildman–Crippen LogP) is 2.73. The largest absolute Gasteiger partial charge is 0.354 e. The van der Waals surface area contributed by atoms with Gasteiger partial charge in [0.25, 0.3) is 0 Å². The van der Waals surface area contributed by atoms with Gasteiger partial charge in [-0.05, 0) is 29.5 Å². The van der Waals surface area contributed by atoms with Crippen LogP contribution in [0.5, 0.6) is 0 Å². The molecule has 0 unspecified atom stereocenters. The fourth-order valence-electron chi connectivity index (χ4n) is 3.87. The van der Waals surface area contributed by atoms with Gasteiger partial charge in [0.15, 0.2) is 0 Å². The molecule has 6 nitrogen and oxygen atoms in total. The molecule has 2 aromatic carbocycles. The maximum Gasteiger partial charge on any atom is 0.238 e. The summed E-state index contributed by atoms with van der Waals surface area (Å²) in [5.41, 5.74) is 3.28. The molecule has 1 fully saturated rings. The second-order valence-corrected chi connectivity index (χ2v) is 8.23. The second kappa shape index (κ2) is 11.6. The van der Waals surface area contributed by atoms with Gasteiger partial charge in [0.2, 0.25) is 11.8 Å². The summed E-state index contributed by atoms with van der Waals surface area (Å²) in [6.45, 7) is 8.80. The molecule has 1 aliphatic heterocycles. The van der Waals surface area contributed by atoms with Gasteiger partial charge in [0, 0.05) is 38.4 Å². The van der Waals surface area contributed by atoms with Crippen molar-refractivity contribution < 1.29 is 9.59 Å². The Balaban J connectivity index is 1.35. The van der Waals surface area contributed by atoms with Crippen LogP contribution < -0.4 is 10.6 Å². The number of rotatable bonds is 9. The van der Waals surface area contributed by atoms with E-state index in [0.717, 1.165) is 43.9 Å². The van der Waals surface area contributed by atoms with Crippen LogP contribution in [-0.4, -0.2) is 67.4 Å². The van der Waals surface area contributed by atoms with E-state index in [0.29, 0.717) is 25.6 Å². The summed E-state index contributed by atoms with van der Waals surface area (Å²) in [5.74, 6) is 0.366. The number of carbonyl (C=O) groups is 2. The Morgan fingerprint density at radius 3 is 2.10 bits per heavy atom. The maximum atomic E-state index is 12.4. The zero-order valence-corrected chi connectivity index (χ0v) is 18.6. The lowest BCUT2D eigenvalue weighted by Crippen LogP contribution is -2.51. The van der Waals surface area contributed by atoms with Crippen LogP contribution in [0.1, 0.15) is 30.9 Å². The molecule has 2 amide bonds. The highest BCUT2D eigenvalue weighted by atomic mass is 16.2. The van der Waals surface area contributed by atoms with Crippen LogP contribution in [0.15, 0.2) is 54.6 Å². The molecule has 31 heavy (non-hydrogen) atoms. The molecule has 0 radical (unpaired) electrons. The van der Waals surface area contributed by atoms with E-state index in [1.54, 1.807) is 0 Å². The minimum Gasteiger partial charge on any atom is -0.354 e. The van der Waals surface area contributed by atoms with E-state index in [2.05, 4.69) is 46.4 Å². The Kier molecular flexibility index (Phi) is 8.62. The number of aryl methyl sites for hydroxylation is 1. The molecule has 0 saturated carbocycles. The highest BCUT2D eigenvalue weighted by Gasteiger charge is 2.21. The number of anilines is 1. The topological polar surface area (TPSA) is 64.7 Å². The molecule has 0 spiro atoms. The van der Waals surface area contributed by atoms with Gasteiger partial charge in [-0.25, -0.2) is 0 Å². The quantitative estimate of drug-likeness (QED) is 0.652. The smallest absolute Gasteiger partial charge is 0.238 e. The fraction of sp³-hybridized carbons (Fsp3) is 0.440. The van der Waals surface area contributed by atoms with Gasteiger partial charge in [-0.1, -0.05) is 62.4 Å². The number of nitrogens with zero attached hydrogens (tertiary/aromatic N) is 2. The molecule has 1 saturated heterocycles. The van der Waals surface area contributed by atoms with Crippen molar-refractivity contribution in [2.45, 2.75) is 26.2 Å². The van der Waals surface area contributed by atoms with Crippen LogP contribution in [0.3, 0.4) is 0 Å². The van der Waals surface area contributed by atoms with Gasteiger partial charge < -0.3 is 10.6 Å². The van der Waals surface area contributed by atoms with E-state index in [9.17, 15) is 9.59 Å². The summed E-state index contributed by atoms with van der Waals surface area (Å²) in [5, 5.41) is 6.09. The van der Waals surface area contributed by atoms with Gasteiger partial charge >= 0.3 is 0 Å². The Morgan fingerprint density at radius 2 is 1.45 bits per heavy atom. The van der Waals surface area contributed by atoms with Crippen LogP contribution >= 0.6 is 0 Å². The van der Waals surface area contributed by atoms with Crippen molar-refractivity contribution in [1.82, 2.24) is 15.1 Å². The molecule has 6 heteroatoms. The molecule has 166 valence electrons. The van der Waals surface area contributed by atoms with Gasteiger partial charge in [0.1, 0.15) is 0 Å². The molecule has 0 aliphatic carbocycles. The third-order valence-corrected chi connectivity index (χ3v) is 5.85. The van der Waals surface area contributed by atoms with Gasteiger partial charge in [-0.2, -0.15) is 0 Å². The Labute approximate surface area is 185 Å². The van der Waals surface area contributed by atoms with Crippen molar-refractivity contribution in [2.75, 3.05) is 51.1 Å². The average molecular weight is 423 g/mol. The van der Waals surface area contributed by atoms with Gasteiger partial charge in [-0.15, -0.1) is 0 Å². The third kappa shape index (κ3) is 7.19. The van der Waals surface area contributed by atoms with Crippen molar-refractivity contribution in [2.24, 2.45) is 0 Å². The first-order chi connectivity index (χ1) is 15.0. The van der Waals surface area contributed by atoms with E-state index in [4.69, 9.17) is 0 Å². The van der Waals surface area contributed by atoms with E-state index >= 15 is 0 Å². The minimum absolute atomic E-state index is 0.0157. The maximum absolute atomic E-state index is 12.4. The van der Waals surface area contributed by atoms with Crippen LogP contribution in [0.4, 0.5) is 5.69 Å². The molecular weight excluding hydrogens is 388 g/mol.